The van der Waals surface area contributed by atoms with E-state index in [2.05, 4.69) is 35.9 Å². The third kappa shape index (κ3) is 3.55. The summed E-state index contributed by atoms with van der Waals surface area (Å²) in [4.78, 5) is 8.88. The average Bonchev–Trinajstić information content (AvgIpc) is 2.28. The largest absolute Gasteiger partial charge is 0.384 e. The van der Waals surface area contributed by atoms with Crippen LogP contribution in [0, 0.1) is 5.92 Å². The molecule has 0 radical (unpaired) electrons. The molecule has 2 rings (SSSR count). The van der Waals surface area contributed by atoms with Crippen molar-refractivity contribution in [3.8, 4) is 0 Å². The van der Waals surface area contributed by atoms with Crippen LogP contribution in [0.5, 0.6) is 0 Å². The summed E-state index contributed by atoms with van der Waals surface area (Å²) in [6, 6.07) is 12.1. The smallest absolute Gasteiger partial charge is 0.135 e. The monoisotopic (exact) mass is 241 g/mol. The molecule has 0 aliphatic heterocycles. The van der Waals surface area contributed by atoms with Crippen molar-refractivity contribution in [2.75, 3.05) is 5.73 Å². The first-order valence-electron chi connectivity index (χ1n) is 6.29. The Kier molecular flexibility index (Phi) is 3.92. The molecule has 2 N–H and O–H groups in total. The fraction of sp³-hybridized carbons (Fsp3) is 0.333. The fourth-order valence-electron chi connectivity index (χ4n) is 1.96. The van der Waals surface area contributed by atoms with Gasteiger partial charge in [0.25, 0.3) is 0 Å². The van der Waals surface area contributed by atoms with Crippen LogP contribution in [0.1, 0.15) is 30.9 Å². The van der Waals surface area contributed by atoms with E-state index < -0.39 is 0 Å². The minimum Gasteiger partial charge on any atom is -0.384 e. The van der Waals surface area contributed by atoms with Crippen LogP contribution in [0.4, 0.5) is 5.82 Å². The molecule has 3 nitrogen and oxygen atoms in total. The van der Waals surface area contributed by atoms with E-state index in [0.29, 0.717) is 11.7 Å². The van der Waals surface area contributed by atoms with Crippen LogP contribution in [0.2, 0.25) is 0 Å². The van der Waals surface area contributed by atoms with Gasteiger partial charge in [-0.1, -0.05) is 44.2 Å². The molecule has 0 spiro atoms. The lowest BCUT2D eigenvalue weighted by Crippen LogP contribution is -2.06. The van der Waals surface area contributed by atoms with Crippen molar-refractivity contribution < 1.29 is 0 Å². The summed E-state index contributed by atoms with van der Waals surface area (Å²) in [7, 11) is 0. The first-order valence-corrected chi connectivity index (χ1v) is 6.29. The topological polar surface area (TPSA) is 51.8 Å². The molecule has 0 bridgehead atoms. The maximum absolute atomic E-state index is 5.84. The van der Waals surface area contributed by atoms with E-state index in [-0.39, 0.29) is 0 Å². The third-order valence-corrected chi connectivity index (χ3v) is 2.67. The Hall–Kier alpha value is -1.90. The fourth-order valence-corrected chi connectivity index (χ4v) is 1.96. The van der Waals surface area contributed by atoms with E-state index in [9.17, 15) is 0 Å². The number of nitrogens with two attached hydrogens (primary N) is 1. The first kappa shape index (κ1) is 12.6. The van der Waals surface area contributed by atoms with Gasteiger partial charge in [-0.05, 0) is 17.9 Å². The molecule has 1 aromatic heterocycles. The Balaban J connectivity index is 2.20. The van der Waals surface area contributed by atoms with Crippen molar-refractivity contribution in [3.05, 3.63) is 53.5 Å². The molecule has 0 aliphatic carbocycles. The van der Waals surface area contributed by atoms with Crippen LogP contribution >= 0.6 is 0 Å². The summed E-state index contributed by atoms with van der Waals surface area (Å²) in [6.45, 7) is 4.35. The average molecular weight is 241 g/mol. The molecule has 0 atom stereocenters. The van der Waals surface area contributed by atoms with Crippen molar-refractivity contribution in [2.24, 2.45) is 5.92 Å². The van der Waals surface area contributed by atoms with Crippen LogP contribution in [0.15, 0.2) is 36.4 Å². The van der Waals surface area contributed by atoms with Gasteiger partial charge in [0.1, 0.15) is 11.6 Å². The molecule has 0 amide bonds. The van der Waals surface area contributed by atoms with Crippen molar-refractivity contribution in [2.45, 2.75) is 26.7 Å². The SMILES string of the molecule is CC(C)Cc1cc(N)nc(Cc2ccccc2)n1. The summed E-state index contributed by atoms with van der Waals surface area (Å²) in [5.74, 6) is 1.94. The molecule has 0 aliphatic rings. The predicted molar refractivity (Wildman–Crippen MR) is 74.2 cm³/mol. The van der Waals surface area contributed by atoms with Gasteiger partial charge in [-0.3, -0.25) is 0 Å². The van der Waals surface area contributed by atoms with E-state index in [4.69, 9.17) is 5.73 Å². The summed E-state index contributed by atoms with van der Waals surface area (Å²) in [6.07, 6.45) is 1.67. The number of nitrogens with zero attached hydrogens (tertiary/aromatic N) is 2. The number of rotatable bonds is 4. The Bertz CT molecular complexity index is 506. The second-order valence-electron chi connectivity index (χ2n) is 4.96. The lowest BCUT2D eigenvalue weighted by atomic mass is 10.1. The quantitative estimate of drug-likeness (QED) is 0.895. The number of aromatic nitrogens is 2. The molecular weight excluding hydrogens is 222 g/mol. The van der Waals surface area contributed by atoms with Gasteiger partial charge in [0.05, 0.1) is 0 Å². The summed E-state index contributed by atoms with van der Waals surface area (Å²) < 4.78 is 0. The van der Waals surface area contributed by atoms with E-state index in [0.717, 1.165) is 24.4 Å². The Morgan fingerprint density at radius 3 is 2.50 bits per heavy atom. The second-order valence-corrected chi connectivity index (χ2v) is 4.96. The zero-order chi connectivity index (χ0) is 13.0. The van der Waals surface area contributed by atoms with Gasteiger partial charge in [0, 0.05) is 18.2 Å². The lowest BCUT2D eigenvalue weighted by molar-refractivity contribution is 0.631. The predicted octanol–water partition coefficient (Wildman–Crippen LogP) is 2.85. The highest BCUT2D eigenvalue weighted by Crippen LogP contribution is 2.11. The Morgan fingerprint density at radius 1 is 1.11 bits per heavy atom. The van der Waals surface area contributed by atoms with E-state index >= 15 is 0 Å². The minimum absolute atomic E-state index is 0.562. The molecule has 94 valence electrons. The maximum atomic E-state index is 5.84. The van der Waals surface area contributed by atoms with Crippen LogP contribution < -0.4 is 5.73 Å². The summed E-state index contributed by atoms with van der Waals surface area (Å²) >= 11 is 0. The third-order valence-electron chi connectivity index (χ3n) is 2.67. The Labute approximate surface area is 108 Å². The summed E-state index contributed by atoms with van der Waals surface area (Å²) in [5, 5.41) is 0. The second kappa shape index (κ2) is 5.63. The lowest BCUT2D eigenvalue weighted by Gasteiger charge is -2.07. The molecular formula is C15H19N3. The van der Waals surface area contributed by atoms with Crippen LogP contribution in [0.25, 0.3) is 0 Å². The maximum Gasteiger partial charge on any atom is 0.135 e. The number of hydrogen-bond acceptors (Lipinski definition) is 3. The molecule has 1 heterocycles. The van der Waals surface area contributed by atoms with E-state index in [1.165, 1.54) is 5.56 Å². The highest BCUT2D eigenvalue weighted by molar-refractivity contribution is 5.31. The molecule has 18 heavy (non-hydrogen) atoms. The Morgan fingerprint density at radius 2 is 1.83 bits per heavy atom. The molecule has 0 saturated carbocycles. The molecule has 2 aromatic rings. The van der Waals surface area contributed by atoms with Crippen LogP contribution in [-0.2, 0) is 12.8 Å². The number of nitrogen functional groups attached to an aromatic ring is 1. The van der Waals surface area contributed by atoms with E-state index in [1.807, 2.05) is 24.3 Å². The van der Waals surface area contributed by atoms with Gasteiger partial charge in [-0.25, -0.2) is 9.97 Å². The minimum atomic E-state index is 0.562. The zero-order valence-corrected chi connectivity index (χ0v) is 10.9. The van der Waals surface area contributed by atoms with Crippen molar-refractivity contribution >= 4 is 5.82 Å². The molecule has 0 fully saturated rings. The number of anilines is 1. The standard InChI is InChI=1S/C15H19N3/c1-11(2)8-13-10-14(16)18-15(17-13)9-12-6-4-3-5-7-12/h3-7,10-11H,8-9H2,1-2H3,(H2,16,17,18). The zero-order valence-electron chi connectivity index (χ0n) is 10.9. The van der Waals surface area contributed by atoms with Gasteiger partial charge < -0.3 is 5.73 Å². The first-order chi connectivity index (χ1) is 8.63. The van der Waals surface area contributed by atoms with Gasteiger partial charge >= 0.3 is 0 Å². The molecule has 3 heteroatoms. The van der Waals surface area contributed by atoms with Crippen molar-refractivity contribution in [3.63, 3.8) is 0 Å². The van der Waals surface area contributed by atoms with Crippen LogP contribution in [-0.4, -0.2) is 9.97 Å². The highest BCUT2D eigenvalue weighted by Gasteiger charge is 2.05. The number of benzene rings is 1. The van der Waals surface area contributed by atoms with Crippen molar-refractivity contribution in [1.29, 1.82) is 0 Å². The van der Waals surface area contributed by atoms with E-state index in [1.54, 1.807) is 0 Å². The molecule has 0 unspecified atom stereocenters. The van der Waals surface area contributed by atoms with Crippen molar-refractivity contribution in [1.82, 2.24) is 9.97 Å². The normalized spacial score (nSPS) is 10.8. The molecule has 1 aromatic carbocycles. The number of hydrogen-bond donors (Lipinski definition) is 1. The van der Waals surface area contributed by atoms with Crippen LogP contribution in [0.3, 0.4) is 0 Å². The molecule has 0 saturated heterocycles. The highest BCUT2D eigenvalue weighted by atomic mass is 14.9. The summed E-state index contributed by atoms with van der Waals surface area (Å²) in [5.41, 5.74) is 8.08. The van der Waals surface area contributed by atoms with Gasteiger partial charge in [0.2, 0.25) is 0 Å². The van der Waals surface area contributed by atoms with Gasteiger partial charge in [-0.15, -0.1) is 0 Å². The van der Waals surface area contributed by atoms with Gasteiger partial charge in [0.15, 0.2) is 0 Å². The van der Waals surface area contributed by atoms with Gasteiger partial charge in [-0.2, -0.15) is 0 Å².